The maximum atomic E-state index is 11.8. The van der Waals surface area contributed by atoms with Crippen molar-refractivity contribution >= 4 is 33.4 Å². The second kappa shape index (κ2) is 4.33. The lowest BCUT2D eigenvalue weighted by atomic mass is 10.1. The first kappa shape index (κ1) is 11.6. The van der Waals surface area contributed by atoms with E-state index in [4.69, 9.17) is 5.11 Å². The van der Waals surface area contributed by atoms with Gasteiger partial charge in [-0.2, -0.15) is 4.98 Å². The number of rotatable bonds is 2. The highest BCUT2D eigenvalue weighted by molar-refractivity contribution is 9.10. The predicted molar refractivity (Wildman–Crippen MR) is 68.2 cm³/mol. The number of aliphatic hydroxyl groups excluding tert-OH is 1. The SMILES string of the molecule is O=C1CC(CO)CN1c1nc2cccc(Br)n2n1. The molecule has 1 aliphatic heterocycles. The Kier molecular flexibility index (Phi) is 2.79. The van der Waals surface area contributed by atoms with Crippen LogP contribution in [-0.4, -0.2) is 38.8 Å². The van der Waals surface area contributed by atoms with Crippen molar-refractivity contribution in [2.24, 2.45) is 5.92 Å². The van der Waals surface area contributed by atoms with Gasteiger partial charge < -0.3 is 5.11 Å². The van der Waals surface area contributed by atoms with Crippen molar-refractivity contribution in [3.05, 3.63) is 22.8 Å². The lowest BCUT2D eigenvalue weighted by molar-refractivity contribution is -0.117. The van der Waals surface area contributed by atoms with E-state index < -0.39 is 0 Å². The number of amides is 1. The number of hydrogen-bond donors (Lipinski definition) is 1. The molecule has 1 saturated heterocycles. The summed E-state index contributed by atoms with van der Waals surface area (Å²) in [4.78, 5) is 17.7. The summed E-state index contributed by atoms with van der Waals surface area (Å²) in [7, 11) is 0. The van der Waals surface area contributed by atoms with Gasteiger partial charge in [0.25, 0.3) is 5.95 Å². The van der Waals surface area contributed by atoms with Crippen molar-refractivity contribution in [1.29, 1.82) is 0 Å². The van der Waals surface area contributed by atoms with Crippen molar-refractivity contribution in [3.63, 3.8) is 0 Å². The van der Waals surface area contributed by atoms with E-state index in [2.05, 4.69) is 26.0 Å². The molecule has 0 radical (unpaired) electrons. The van der Waals surface area contributed by atoms with Crippen LogP contribution in [0.5, 0.6) is 0 Å². The number of hydrogen-bond acceptors (Lipinski definition) is 4. The van der Waals surface area contributed by atoms with Gasteiger partial charge in [0, 0.05) is 25.5 Å². The third-order valence-electron chi connectivity index (χ3n) is 3.01. The van der Waals surface area contributed by atoms with Gasteiger partial charge in [-0.15, -0.1) is 5.10 Å². The molecule has 18 heavy (non-hydrogen) atoms. The molecule has 6 nitrogen and oxygen atoms in total. The fourth-order valence-electron chi connectivity index (χ4n) is 2.07. The Bertz CT molecular complexity index is 612. The monoisotopic (exact) mass is 310 g/mol. The number of aromatic nitrogens is 3. The minimum absolute atomic E-state index is 0.0132. The molecule has 2 aromatic rings. The molecule has 3 heterocycles. The summed E-state index contributed by atoms with van der Waals surface area (Å²) in [6.07, 6.45) is 0.354. The Morgan fingerprint density at radius 2 is 2.33 bits per heavy atom. The molecule has 3 rings (SSSR count). The van der Waals surface area contributed by atoms with Crippen LogP contribution >= 0.6 is 15.9 Å². The topological polar surface area (TPSA) is 70.7 Å². The quantitative estimate of drug-likeness (QED) is 0.834. The lowest BCUT2D eigenvalue weighted by Crippen LogP contribution is -2.26. The second-order valence-corrected chi connectivity index (χ2v) is 5.10. The van der Waals surface area contributed by atoms with E-state index in [1.165, 1.54) is 4.90 Å². The highest BCUT2D eigenvalue weighted by atomic mass is 79.9. The van der Waals surface area contributed by atoms with E-state index in [0.717, 1.165) is 4.60 Å². The van der Waals surface area contributed by atoms with Gasteiger partial charge in [-0.1, -0.05) is 6.07 Å². The van der Waals surface area contributed by atoms with Gasteiger partial charge in [0.2, 0.25) is 5.91 Å². The Balaban J connectivity index is 2.00. The zero-order chi connectivity index (χ0) is 12.7. The minimum atomic E-state index is -0.0407. The first-order valence-electron chi connectivity index (χ1n) is 5.61. The number of carbonyl (C=O) groups is 1. The molecule has 1 amide bonds. The molecule has 1 aliphatic rings. The lowest BCUT2D eigenvalue weighted by Gasteiger charge is -2.10. The van der Waals surface area contributed by atoms with Crippen molar-refractivity contribution in [1.82, 2.24) is 14.6 Å². The van der Waals surface area contributed by atoms with Crippen LogP contribution in [0.25, 0.3) is 5.65 Å². The number of nitrogens with zero attached hydrogens (tertiary/aromatic N) is 4. The molecule has 0 spiro atoms. The van der Waals surface area contributed by atoms with Crippen LogP contribution in [0.2, 0.25) is 0 Å². The molecule has 1 atom stereocenters. The second-order valence-electron chi connectivity index (χ2n) is 4.29. The number of fused-ring (bicyclic) bond motifs is 1. The molecule has 2 aromatic heterocycles. The minimum Gasteiger partial charge on any atom is -0.396 e. The molecular weight excluding hydrogens is 300 g/mol. The zero-order valence-corrected chi connectivity index (χ0v) is 11.0. The van der Waals surface area contributed by atoms with E-state index in [1.807, 2.05) is 18.2 Å². The summed E-state index contributed by atoms with van der Waals surface area (Å²) in [5.74, 6) is 0.330. The Morgan fingerprint density at radius 1 is 1.50 bits per heavy atom. The molecule has 1 N–H and O–H groups in total. The van der Waals surface area contributed by atoms with Crippen LogP contribution in [0, 0.1) is 5.92 Å². The number of anilines is 1. The van der Waals surface area contributed by atoms with E-state index in [9.17, 15) is 4.79 Å². The average molecular weight is 311 g/mol. The highest BCUT2D eigenvalue weighted by Crippen LogP contribution is 2.23. The van der Waals surface area contributed by atoms with E-state index in [0.29, 0.717) is 24.6 Å². The van der Waals surface area contributed by atoms with Crippen LogP contribution in [0.15, 0.2) is 22.8 Å². The molecule has 94 valence electrons. The van der Waals surface area contributed by atoms with Crippen LogP contribution in [-0.2, 0) is 4.79 Å². The first-order chi connectivity index (χ1) is 8.69. The van der Waals surface area contributed by atoms with Gasteiger partial charge in [-0.05, 0) is 28.1 Å². The molecular formula is C11H11BrN4O2. The van der Waals surface area contributed by atoms with E-state index >= 15 is 0 Å². The summed E-state index contributed by atoms with van der Waals surface area (Å²) in [6, 6.07) is 5.54. The third-order valence-corrected chi connectivity index (χ3v) is 3.61. The van der Waals surface area contributed by atoms with Crippen molar-refractivity contribution in [2.75, 3.05) is 18.1 Å². The van der Waals surface area contributed by atoms with Gasteiger partial charge in [0.05, 0.1) is 0 Å². The summed E-state index contributed by atoms with van der Waals surface area (Å²) < 4.78 is 2.42. The summed E-state index contributed by atoms with van der Waals surface area (Å²) in [5.41, 5.74) is 0.680. The Labute approximate surface area is 111 Å². The van der Waals surface area contributed by atoms with E-state index in [1.54, 1.807) is 4.52 Å². The van der Waals surface area contributed by atoms with Gasteiger partial charge in [-0.3, -0.25) is 9.69 Å². The van der Waals surface area contributed by atoms with Crippen molar-refractivity contribution in [3.8, 4) is 0 Å². The highest BCUT2D eigenvalue weighted by Gasteiger charge is 2.32. The standard InChI is InChI=1S/C11H11BrN4O2/c12-8-2-1-3-9-13-11(14-16(8)9)15-5-7(6-17)4-10(15)18/h1-3,7,17H,4-6H2. The first-order valence-corrected chi connectivity index (χ1v) is 6.41. The summed E-state index contributed by atoms with van der Waals surface area (Å²) >= 11 is 3.38. The number of pyridine rings is 1. The Morgan fingerprint density at radius 3 is 3.00 bits per heavy atom. The maximum Gasteiger partial charge on any atom is 0.252 e. The Hall–Kier alpha value is -1.47. The zero-order valence-electron chi connectivity index (χ0n) is 9.45. The molecule has 0 aliphatic carbocycles. The van der Waals surface area contributed by atoms with Crippen molar-refractivity contribution in [2.45, 2.75) is 6.42 Å². The predicted octanol–water partition coefficient (Wildman–Crippen LogP) is 0.837. The fraction of sp³-hybridized carbons (Fsp3) is 0.364. The number of carbonyl (C=O) groups excluding carboxylic acids is 1. The van der Waals surface area contributed by atoms with Gasteiger partial charge in [-0.25, -0.2) is 4.52 Å². The fourth-order valence-corrected chi connectivity index (χ4v) is 2.49. The molecule has 0 aromatic carbocycles. The van der Waals surface area contributed by atoms with Gasteiger partial charge in [0.1, 0.15) is 4.60 Å². The van der Waals surface area contributed by atoms with Gasteiger partial charge >= 0.3 is 0 Å². The van der Waals surface area contributed by atoms with Gasteiger partial charge in [0.15, 0.2) is 5.65 Å². The maximum absolute atomic E-state index is 11.8. The molecule has 0 bridgehead atoms. The average Bonchev–Trinajstić information content (AvgIpc) is 2.93. The molecule has 1 fully saturated rings. The van der Waals surface area contributed by atoms with Crippen LogP contribution < -0.4 is 4.90 Å². The largest absolute Gasteiger partial charge is 0.396 e. The summed E-state index contributed by atoms with van der Waals surface area (Å²) in [5, 5.41) is 13.4. The normalized spacial score (nSPS) is 20.0. The van der Waals surface area contributed by atoms with Crippen LogP contribution in [0.3, 0.4) is 0 Å². The van der Waals surface area contributed by atoms with Crippen LogP contribution in [0.1, 0.15) is 6.42 Å². The smallest absolute Gasteiger partial charge is 0.252 e. The number of aliphatic hydroxyl groups is 1. The van der Waals surface area contributed by atoms with E-state index in [-0.39, 0.29) is 18.4 Å². The molecule has 0 saturated carbocycles. The third kappa shape index (κ3) is 1.79. The van der Waals surface area contributed by atoms with Crippen LogP contribution in [0.4, 0.5) is 5.95 Å². The van der Waals surface area contributed by atoms with Crippen molar-refractivity contribution < 1.29 is 9.90 Å². The molecule has 1 unspecified atom stereocenters. The number of halogens is 1. The summed E-state index contributed by atoms with van der Waals surface area (Å²) in [6.45, 7) is 0.489. The molecule has 7 heteroatoms.